The summed E-state index contributed by atoms with van der Waals surface area (Å²) < 4.78 is 11.0. The predicted molar refractivity (Wildman–Crippen MR) is 88.0 cm³/mol. The molecule has 0 bridgehead atoms. The summed E-state index contributed by atoms with van der Waals surface area (Å²) in [6.45, 7) is 3.66. The third kappa shape index (κ3) is 4.97. The van der Waals surface area contributed by atoms with Crippen molar-refractivity contribution in [2.45, 2.75) is 25.4 Å². The summed E-state index contributed by atoms with van der Waals surface area (Å²) in [5.41, 5.74) is 0. The molecule has 0 unspecified atom stereocenters. The second-order valence-corrected chi connectivity index (χ2v) is 6.15. The van der Waals surface area contributed by atoms with Crippen LogP contribution in [0, 0.1) is 0 Å². The van der Waals surface area contributed by atoms with Crippen molar-refractivity contribution >= 4 is 17.4 Å². The van der Waals surface area contributed by atoms with E-state index in [0.29, 0.717) is 17.1 Å². The van der Waals surface area contributed by atoms with Gasteiger partial charge in [0.25, 0.3) is 0 Å². The van der Waals surface area contributed by atoms with E-state index in [2.05, 4.69) is 33.9 Å². The van der Waals surface area contributed by atoms with Crippen molar-refractivity contribution < 1.29 is 9.47 Å². The van der Waals surface area contributed by atoms with E-state index in [1.165, 1.54) is 0 Å². The molecule has 0 amide bonds. The Kier molecular flexibility index (Phi) is 6.67. The molecule has 1 aliphatic heterocycles. The number of anilines is 1. The summed E-state index contributed by atoms with van der Waals surface area (Å²) in [6, 6.07) is 0.349. The normalized spacial score (nSPS) is 16.3. The maximum atomic E-state index is 6.20. The molecule has 0 atom stereocenters. The van der Waals surface area contributed by atoms with Crippen molar-refractivity contribution in [2.24, 2.45) is 0 Å². The van der Waals surface area contributed by atoms with Gasteiger partial charge in [0.05, 0.1) is 19.4 Å². The summed E-state index contributed by atoms with van der Waals surface area (Å²) in [5, 5.41) is 0.561. The van der Waals surface area contributed by atoms with Gasteiger partial charge in [0.2, 0.25) is 0 Å². The van der Waals surface area contributed by atoms with E-state index >= 15 is 0 Å². The Hall–Kier alpha value is -1.11. The highest BCUT2D eigenvalue weighted by molar-refractivity contribution is 6.32. The zero-order valence-corrected chi connectivity index (χ0v) is 14.3. The van der Waals surface area contributed by atoms with Crippen molar-refractivity contribution in [1.29, 1.82) is 0 Å². The maximum Gasteiger partial charge on any atom is 0.318 e. The minimum absolute atomic E-state index is 0.334. The first-order valence-corrected chi connectivity index (χ1v) is 8.05. The van der Waals surface area contributed by atoms with Gasteiger partial charge in [0.15, 0.2) is 5.82 Å². The molecule has 1 aromatic rings. The first kappa shape index (κ1) is 17.2. The molecule has 1 fully saturated rings. The molecule has 6 nitrogen and oxygen atoms in total. The second kappa shape index (κ2) is 8.50. The zero-order valence-electron chi connectivity index (χ0n) is 13.6. The standard InChI is InChI=1S/C15H25ClN4O2/c1-19(2)7-4-10-22-12-5-8-20(9-6-12)14-13(16)11-17-15(18-14)21-3/h11-12H,4-10H2,1-3H3. The molecule has 1 saturated heterocycles. The minimum atomic E-state index is 0.334. The van der Waals surface area contributed by atoms with Crippen LogP contribution in [-0.4, -0.2) is 68.4 Å². The van der Waals surface area contributed by atoms with Crippen LogP contribution in [0.4, 0.5) is 5.82 Å². The predicted octanol–water partition coefficient (Wildman–Crippen LogP) is 2.08. The van der Waals surface area contributed by atoms with E-state index in [9.17, 15) is 0 Å². The lowest BCUT2D eigenvalue weighted by Gasteiger charge is -2.33. The highest BCUT2D eigenvalue weighted by atomic mass is 35.5. The van der Waals surface area contributed by atoms with Crippen LogP contribution in [0.2, 0.25) is 5.02 Å². The highest BCUT2D eigenvalue weighted by Gasteiger charge is 2.22. The van der Waals surface area contributed by atoms with Crippen molar-refractivity contribution in [2.75, 3.05) is 52.3 Å². The lowest BCUT2D eigenvalue weighted by atomic mass is 10.1. The Morgan fingerprint density at radius 3 is 2.73 bits per heavy atom. The van der Waals surface area contributed by atoms with Gasteiger partial charge < -0.3 is 19.3 Å². The van der Waals surface area contributed by atoms with Crippen LogP contribution < -0.4 is 9.64 Å². The third-order valence-corrected chi connectivity index (χ3v) is 4.00. The van der Waals surface area contributed by atoms with Crippen LogP contribution in [0.15, 0.2) is 6.20 Å². The SMILES string of the molecule is COc1ncc(Cl)c(N2CCC(OCCCN(C)C)CC2)n1. The fourth-order valence-corrected chi connectivity index (χ4v) is 2.74. The first-order chi connectivity index (χ1) is 10.6. The Balaban J connectivity index is 1.79. The molecule has 0 saturated carbocycles. The van der Waals surface area contributed by atoms with Crippen molar-refractivity contribution in [3.05, 3.63) is 11.2 Å². The maximum absolute atomic E-state index is 6.20. The van der Waals surface area contributed by atoms with Crippen LogP contribution in [0.25, 0.3) is 0 Å². The number of methoxy groups -OCH3 is 1. The lowest BCUT2D eigenvalue weighted by molar-refractivity contribution is 0.0332. The molecule has 0 aliphatic carbocycles. The van der Waals surface area contributed by atoms with Crippen molar-refractivity contribution in [3.8, 4) is 6.01 Å². The fourth-order valence-electron chi connectivity index (χ4n) is 2.53. The summed E-state index contributed by atoms with van der Waals surface area (Å²) >= 11 is 6.20. The highest BCUT2D eigenvalue weighted by Crippen LogP contribution is 2.27. The number of hydrogen-bond acceptors (Lipinski definition) is 6. The zero-order chi connectivity index (χ0) is 15.9. The van der Waals surface area contributed by atoms with E-state index in [1.807, 2.05) is 0 Å². The molecule has 22 heavy (non-hydrogen) atoms. The Labute approximate surface area is 137 Å². The molecule has 2 rings (SSSR count). The Bertz CT molecular complexity index is 465. The molecule has 0 spiro atoms. The van der Waals surface area contributed by atoms with Crippen LogP contribution in [0.5, 0.6) is 6.01 Å². The van der Waals surface area contributed by atoms with Crippen LogP contribution >= 0.6 is 11.6 Å². The third-order valence-electron chi connectivity index (χ3n) is 3.73. The number of hydrogen-bond donors (Lipinski definition) is 0. The van der Waals surface area contributed by atoms with Gasteiger partial charge in [-0.25, -0.2) is 4.98 Å². The number of piperidine rings is 1. The van der Waals surface area contributed by atoms with Crippen LogP contribution in [0.1, 0.15) is 19.3 Å². The van der Waals surface area contributed by atoms with E-state index < -0.39 is 0 Å². The molecule has 124 valence electrons. The van der Waals surface area contributed by atoms with Gasteiger partial charge >= 0.3 is 6.01 Å². The Morgan fingerprint density at radius 1 is 1.36 bits per heavy atom. The smallest absolute Gasteiger partial charge is 0.318 e. The molecule has 7 heteroatoms. The molecular weight excluding hydrogens is 304 g/mol. The molecule has 2 heterocycles. The largest absolute Gasteiger partial charge is 0.467 e. The van der Waals surface area contributed by atoms with Gasteiger partial charge in [-0.1, -0.05) is 11.6 Å². The van der Waals surface area contributed by atoms with Gasteiger partial charge in [-0.3, -0.25) is 0 Å². The van der Waals surface area contributed by atoms with Crippen molar-refractivity contribution in [3.63, 3.8) is 0 Å². The first-order valence-electron chi connectivity index (χ1n) is 7.68. The van der Waals surface area contributed by atoms with E-state index in [0.717, 1.165) is 51.3 Å². The molecule has 1 aliphatic rings. The summed E-state index contributed by atoms with van der Waals surface area (Å²) in [6.07, 6.45) is 4.98. The number of nitrogens with zero attached hydrogens (tertiary/aromatic N) is 4. The van der Waals surface area contributed by atoms with E-state index in [1.54, 1.807) is 13.3 Å². The number of rotatable bonds is 7. The van der Waals surface area contributed by atoms with Gasteiger partial charge in [0, 0.05) is 19.7 Å². The number of halogens is 1. The minimum Gasteiger partial charge on any atom is -0.467 e. The summed E-state index contributed by atoms with van der Waals surface area (Å²) in [5.74, 6) is 0.750. The van der Waals surface area contributed by atoms with Gasteiger partial charge in [-0.05, 0) is 39.9 Å². The average molecular weight is 329 g/mol. The van der Waals surface area contributed by atoms with Crippen LogP contribution in [0.3, 0.4) is 0 Å². The monoisotopic (exact) mass is 328 g/mol. The fraction of sp³-hybridized carbons (Fsp3) is 0.733. The summed E-state index contributed by atoms with van der Waals surface area (Å²) in [7, 11) is 5.72. The van der Waals surface area contributed by atoms with E-state index in [-0.39, 0.29) is 0 Å². The topological polar surface area (TPSA) is 50.7 Å². The average Bonchev–Trinajstić information content (AvgIpc) is 2.52. The quantitative estimate of drug-likeness (QED) is 0.714. The van der Waals surface area contributed by atoms with E-state index in [4.69, 9.17) is 21.1 Å². The molecule has 1 aromatic heterocycles. The number of aromatic nitrogens is 2. The van der Waals surface area contributed by atoms with Gasteiger partial charge in [-0.2, -0.15) is 4.98 Å². The molecule has 0 radical (unpaired) electrons. The molecule has 0 N–H and O–H groups in total. The molecular formula is C15H25ClN4O2. The Morgan fingerprint density at radius 2 is 2.09 bits per heavy atom. The van der Waals surface area contributed by atoms with Gasteiger partial charge in [-0.15, -0.1) is 0 Å². The molecule has 0 aromatic carbocycles. The van der Waals surface area contributed by atoms with Gasteiger partial charge in [0.1, 0.15) is 5.02 Å². The second-order valence-electron chi connectivity index (χ2n) is 5.74. The lowest BCUT2D eigenvalue weighted by Crippen LogP contribution is -2.38. The van der Waals surface area contributed by atoms with Crippen LogP contribution in [-0.2, 0) is 4.74 Å². The summed E-state index contributed by atoms with van der Waals surface area (Å²) in [4.78, 5) is 12.7. The van der Waals surface area contributed by atoms with Crippen molar-refractivity contribution in [1.82, 2.24) is 14.9 Å². The number of ether oxygens (including phenoxy) is 2.